The smallest absolute Gasteiger partial charge is 0.262 e. The Bertz CT molecular complexity index is 534. The van der Waals surface area contributed by atoms with Crippen LogP contribution in [0.25, 0.3) is 0 Å². The third kappa shape index (κ3) is 2.48. The van der Waals surface area contributed by atoms with Gasteiger partial charge in [-0.15, -0.1) is 0 Å². The molecule has 1 saturated heterocycles. The normalized spacial score (nSPS) is 19.3. The minimum atomic E-state index is -3.65. The maximum absolute atomic E-state index is 12.2. The van der Waals surface area contributed by atoms with Crippen molar-refractivity contribution in [2.75, 3.05) is 30.3 Å². The summed E-state index contributed by atoms with van der Waals surface area (Å²) >= 11 is 0. The minimum Gasteiger partial charge on any atom is -0.396 e. The molecule has 0 bridgehead atoms. The zero-order valence-corrected chi connectivity index (χ0v) is 10.7. The molecule has 0 atom stereocenters. The SMILES string of the molecule is Nc1cccnc1S(=O)(=O)N1CCS(=O)CC1. The molecular formula is C9H13N3O3S2. The number of nitrogen functional groups attached to an aromatic ring is 1. The Morgan fingerprint density at radius 2 is 2.00 bits per heavy atom. The van der Waals surface area contributed by atoms with Crippen molar-refractivity contribution in [2.45, 2.75) is 5.03 Å². The zero-order chi connectivity index (χ0) is 12.5. The summed E-state index contributed by atoms with van der Waals surface area (Å²) in [6.07, 6.45) is 1.39. The summed E-state index contributed by atoms with van der Waals surface area (Å²) in [5, 5.41) is -0.118. The van der Waals surface area contributed by atoms with Gasteiger partial charge in [0.2, 0.25) is 0 Å². The van der Waals surface area contributed by atoms with Crippen LogP contribution in [-0.4, -0.2) is 46.5 Å². The molecule has 0 aliphatic carbocycles. The Balaban J connectivity index is 2.31. The van der Waals surface area contributed by atoms with Crippen LogP contribution in [0.5, 0.6) is 0 Å². The Morgan fingerprint density at radius 3 is 2.59 bits per heavy atom. The van der Waals surface area contributed by atoms with Gasteiger partial charge in [-0.25, -0.2) is 13.4 Å². The fraction of sp³-hybridized carbons (Fsp3) is 0.444. The number of nitrogens with zero attached hydrogens (tertiary/aromatic N) is 2. The van der Waals surface area contributed by atoms with Crippen LogP contribution in [0.1, 0.15) is 0 Å². The lowest BCUT2D eigenvalue weighted by atomic mass is 10.4. The molecule has 1 aliphatic heterocycles. The molecule has 1 aromatic rings. The van der Waals surface area contributed by atoms with Crippen LogP contribution >= 0.6 is 0 Å². The summed E-state index contributed by atoms with van der Waals surface area (Å²) in [7, 11) is -4.57. The molecule has 2 N–H and O–H groups in total. The van der Waals surface area contributed by atoms with E-state index in [1.54, 1.807) is 6.07 Å². The molecule has 1 fully saturated rings. The lowest BCUT2D eigenvalue weighted by Crippen LogP contribution is -2.42. The maximum atomic E-state index is 12.2. The molecule has 6 nitrogen and oxygen atoms in total. The highest BCUT2D eigenvalue weighted by molar-refractivity contribution is 7.89. The molecule has 1 aromatic heterocycles. The van der Waals surface area contributed by atoms with Gasteiger partial charge in [0.05, 0.1) is 5.69 Å². The maximum Gasteiger partial charge on any atom is 0.262 e. The van der Waals surface area contributed by atoms with Crippen LogP contribution < -0.4 is 5.73 Å². The van der Waals surface area contributed by atoms with Crippen molar-refractivity contribution in [2.24, 2.45) is 0 Å². The number of sulfonamides is 1. The summed E-state index contributed by atoms with van der Waals surface area (Å²) in [6.45, 7) is 0.510. The van der Waals surface area contributed by atoms with Gasteiger partial charge in [-0.2, -0.15) is 4.31 Å². The standard InChI is InChI=1S/C9H13N3O3S2/c10-8-2-1-3-11-9(8)17(14,15)12-4-6-16(13)7-5-12/h1-3H,4-7,10H2. The average molecular weight is 275 g/mol. The van der Waals surface area contributed by atoms with E-state index in [9.17, 15) is 12.6 Å². The van der Waals surface area contributed by atoms with Crippen LogP contribution in [0.2, 0.25) is 0 Å². The summed E-state index contributed by atoms with van der Waals surface area (Å²) in [4.78, 5) is 3.81. The molecule has 2 heterocycles. The Kier molecular flexibility index (Phi) is 3.45. The fourth-order valence-electron chi connectivity index (χ4n) is 1.60. The van der Waals surface area contributed by atoms with Gasteiger partial charge in [0.1, 0.15) is 0 Å². The third-order valence-corrected chi connectivity index (χ3v) is 5.67. The van der Waals surface area contributed by atoms with Crippen LogP contribution in [-0.2, 0) is 20.8 Å². The largest absolute Gasteiger partial charge is 0.396 e. The van der Waals surface area contributed by atoms with E-state index in [0.29, 0.717) is 11.5 Å². The van der Waals surface area contributed by atoms with Crippen molar-refractivity contribution >= 4 is 26.5 Å². The summed E-state index contributed by atoms with van der Waals surface area (Å²) < 4.78 is 36.9. The highest BCUT2D eigenvalue weighted by Gasteiger charge is 2.30. The van der Waals surface area contributed by atoms with Crippen LogP contribution in [0, 0.1) is 0 Å². The van der Waals surface area contributed by atoms with Crippen molar-refractivity contribution < 1.29 is 12.6 Å². The Labute approximate surface area is 102 Å². The Hall–Kier alpha value is -0.990. The van der Waals surface area contributed by atoms with E-state index in [2.05, 4.69) is 4.98 Å². The first-order valence-corrected chi connectivity index (χ1v) is 8.00. The first-order chi connectivity index (χ1) is 8.01. The van der Waals surface area contributed by atoms with E-state index in [-0.39, 0.29) is 23.8 Å². The monoisotopic (exact) mass is 275 g/mol. The molecule has 0 saturated carbocycles. The van der Waals surface area contributed by atoms with Crippen molar-refractivity contribution in [1.82, 2.24) is 9.29 Å². The highest BCUT2D eigenvalue weighted by atomic mass is 32.2. The van der Waals surface area contributed by atoms with E-state index in [0.717, 1.165) is 0 Å². The Morgan fingerprint density at radius 1 is 1.35 bits per heavy atom. The van der Waals surface area contributed by atoms with Gasteiger partial charge in [0.25, 0.3) is 10.0 Å². The number of rotatable bonds is 2. The average Bonchev–Trinajstić information content (AvgIpc) is 2.30. The zero-order valence-electron chi connectivity index (χ0n) is 9.07. The fourth-order valence-corrected chi connectivity index (χ4v) is 4.35. The number of nitrogens with two attached hydrogens (primary N) is 1. The highest BCUT2D eigenvalue weighted by Crippen LogP contribution is 2.20. The molecule has 8 heteroatoms. The van der Waals surface area contributed by atoms with Gasteiger partial charge in [-0.05, 0) is 12.1 Å². The number of hydrogen-bond donors (Lipinski definition) is 1. The van der Waals surface area contributed by atoms with E-state index < -0.39 is 20.8 Å². The molecule has 0 radical (unpaired) electrons. The molecule has 0 amide bonds. The molecule has 0 aromatic carbocycles. The number of aromatic nitrogens is 1. The van der Waals surface area contributed by atoms with Crippen molar-refractivity contribution in [3.63, 3.8) is 0 Å². The molecule has 2 rings (SSSR count). The molecule has 1 aliphatic rings. The van der Waals surface area contributed by atoms with E-state index >= 15 is 0 Å². The second-order valence-corrected chi connectivity index (χ2v) is 7.20. The van der Waals surface area contributed by atoms with E-state index in [4.69, 9.17) is 5.73 Å². The quantitative estimate of drug-likeness (QED) is 0.779. The van der Waals surface area contributed by atoms with Crippen molar-refractivity contribution in [3.05, 3.63) is 18.3 Å². The summed E-state index contributed by atoms with van der Waals surface area (Å²) in [6, 6.07) is 3.08. The van der Waals surface area contributed by atoms with Gasteiger partial charge in [-0.3, -0.25) is 4.21 Å². The third-order valence-electron chi connectivity index (χ3n) is 2.52. The van der Waals surface area contributed by atoms with Gasteiger partial charge < -0.3 is 5.73 Å². The van der Waals surface area contributed by atoms with E-state index in [1.165, 1.54) is 16.6 Å². The predicted octanol–water partition coefficient (Wildman–Crippen LogP) is -0.583. The second-order valence-electron chi connectivity index (χ2n) is 3.65. The van der Waals surface area contributed by atoms with Crippen LogP contribution in [0.15, 0.2) is 23.4 Å². The predicted molar refractivity (Wildman–Crippen MR) is 65.3 cm³/mol. The van der Waals surface area contributed by atoms with Crippen molar-refractivity contribution in [3.8, 4) is 0 Å². The molecule has 17 heavy (non-hydrogen) atoms. The van der Waals surface area contributed by atoms with Gasteiger partial charge in [-0.1, -0.05) is 0 Å². The van der Waals surface area contributed by atoms with Gasteiger partial charge in [0.15, 0.2) is 5.03 Å². The minimum absolute atomic E-state index is 0.118. The molecule has 0 spiro atoms. The van der Waals surface area contributed by atoms with Crippen molar-refractivity contribution in [1.29, 1.82) is 0 Å². The lowest BCUT2D eigenvalue weighted by molar-refractivity contribution is 0.437. The molecule has 0 unspecified atom stereocenters. The number of anilines is 1. The van der Waals surface area contributed by atoms with Gasteiger partial charge >= 0.3 is 0 Å². The topological polar surface area (TPSA) is 93.4 Å². The molecular weight excluding hydrogens is 262 g/mol. The van der Waals surface area contributed by atoms with Crippen LogP contribution in [0.4, 0.5) is 5.69 Å². The summed E-state index contributed by atoms with van der Waals surface area (Å²) in [5.74, 6) is 0.734. The first kappa shape index (κ1) is 12.5. The first-order valence-electron chi connectivity index (χ1n) is 5.07. The second kappa shape index (κ2) is 4.71. The number of pyridine rings is 1. The number of hydrogen-bond acceptors (Lipinski definition) is 5. The lowest BCUT2D eigenvalue weighted by Gasteiger charge is -2.25. The summed E-state index contributed by atoms with van der Waals surface area (Å²) in [5.41, 5.74) is 5.75. The van der Waals surface area contributed by atoms with Gasteiger partial charge in [0, 0.05) is 41.6 Å². The molecule has 94 valence electrons. The van der Waals surface area contributed by atoms with Crippen LogP contribution in [0.3, 0.4) is 0 Å². The van der Waals surface area contributed by atoms with E-state index in [1.807, 2.05) is 0 Å².